The third-order valence-electron chi connectivity index (χ3n) is 22.2. The van der Waals surface area contributed by atoms with Crippen LogP contribution in [-0.2, 0) is 65.4 Å². The van der Waals surface area contributed by atoms with Gasteiger partial charge in [-0.25, -0.2) is 9.13 Å². The summed E-state index contributed by atoms with van der Waals surface area (Å²) >= 11 is 0. The fraction of sp³-hybridized carbons (Fsp3) is 0.956. The van der Waals surface area contributed by atoms with Crippen LogP contribution in [-0.4, -0.2) is 96.7 Å². The standard InChI is InChI=1S/C91H178O17P2/c1-7-11-13-15-17-19-21-23-25-27-28-29-33-37-40-44-48-55-61-67-73-88(93)101-79-86(107-90(95)76-70-64-58-50-46-42-38-34-31-30-32-35-39-43-47-53-59-65-71-83(5)9-3)81-105-109(97,98)103-77-85(92)78-104-110(99,100)106-82-87(80-102-89(94)74-68-62-56-52-51-54-60-66-72-84(6)10-4)108-91(96)75-69-63-57-49-45-41-36-26-24-22-20-18-16-14-12-8-2/h83-87,92H,7-82H2,1-6H3,(H,97,98)(H,99,100)/t83?,84?,85-,86-,87-/m1/s1. The van der Waals surface area contributed by atoms with E-state index in [4.69, 9.17) is 37.0 Å². The summed E-state index contributed by atoms with van der Waals surface area (Å²) in [6.45, 7) is 9.77. The summed E-state index contributed by atoms with van der Waals surface area (Å²) in [6, 6.07) is 0. The first-order valence-electron chi connectivity index (χ1n) is 47.1. The minimum Gasteiger partial charge on any atom is -0.462 e. The fourth-order valence-corrected chi connectivity index (χ4v) is 15.8. The van der Waals surface area contributed by atoms with Crippen LogP contribution in [0.3, 0.4) is 0 Å². The van der Waals surface area contributed by atoms with Crippen LogP contribution in [0.1, 0.15) is 491 Å². The number of aliphatic hydroxyl groups is 1. The minimum absolute atomic E-state index is 0.108. The van der Waals surface area contributed by atoms with E-state index in [9.17, 15) is 43.2 Å². The fourth-order valence-electron chi connectivity index (χ4n) is 14.2. The highest BCUT2D eigenvalue weighted by molar-refractivity contribution is 7.47. The van der Waals surface area contributed by atoms with Crippen LogP contribution in [0.25, 0.3) is 0 Å². The number of phosphoric ester groups is 2. The molecule has 0 aliphatic rings. The molecule has 654 valence electrons. The maximum atomic E-state index is 13.2. The van der Waals surface area contributed by atoms with Crippen molar-refractivity contribution in [1.29, 1.82) is 0 Å². The molecule has 7 atom stereocenters. The molecule has 0 saturated heterocycles. The van der Waals surface area contributed by atoms with Crippen LogP contribution in [0.15, 0.2) is 0 Å². The lowest BCUT2D eigenvalue weighted by Crippen LogP contribution is -2.30. The van der Waals surface area contributed by atoms with Crippen LogP contribution < -0.4 is 0 Å². The van der Waals surface area contributed by atoms with Crippen molar-refractivity contribution in [2.75, 3.05) is 39.6 Å². The molecule has 0 fully saturated rings. The second-order valence-electron chi connectivity index (χ2n) is 33.2. The molecule has 0 aliphatic carbocycles. The highest BCUT2D eigenvalue weighted by atomic mass is 31.2. The second kappa shape index (κ2) is 82.2. The van der Waals surface area contributed by atoms with Crippen molar-refractivity contribution in [2.24, 2.45) is 11.8 Å². The van der Waals surface area contributed by atoms with Gasteiger partial charge in [0.1, 0.15) is 19.3 Å². The lowest BCUT2D eigenvalue weighted by atomic mass is 9.99. The Kier molecular flexibility index (Phi) is 80.7. The number of hydrogen-bond acceptors (Lipinski definition) is 15. The predicted octanol–water partition coefficient (Wildman–Crippen LogP) is 28.2. The normalized spacial score (nSPS) is 14.2. The second-order valence-corrected chi connectivity index (χ2v) is 36.1. The molecule has 0 aromatic heterocycles. The molecule has 3 N–H and O–H groups in total. The van der Waals surface area contributed by atoms with Gasteiger partial charge in [0.25, 0.3) is 0 Å². The largest absolute Gasteiger partial charge is 0.472 e. The van der Waals surface area contributed by atoms with Crippen molar-refractivity contribution in [3.8, 4) is 0 Å². The number of unbranched alkanes of at least 4 members (excludes halogenated alkanes) is 58. The number of rotatable bonds is 90. The Hall–Kier alpha value is -1.94. The first-order chi connectivity index (χ1) is 53.4. The van der Waals surface area contributed by atoms with Gasteiger partial charge in [-0.05, 0) is 37.5 Å². The maximum Gasteiger partial charge on any atom is 0.472 e. The Bertz CT molecular complexity index is 2100. The Balaban J connectivity index is 5.25. The Morgan fingerprint density at radius 1 is 0.255 bits per heavy atom. The average Bonchev–Trinajstić information content (AvgIpc) is 0.898. The van der Waals surface area contributed by atoms with Gasteiger partial charge < -0.3 is 33.8 Å². The van der Waals surface area contributed by atoms with E-state index >= 15 is 0 Å². The summed E-state index contributed by atoms with van der Waals surface area (Å²) in [7, 11) is -9.94. The smallest absolute Gasteiger partial charge is 0.462 e. The first kappa shape index (κ1) is 108. The molecule has 0 saturated carbocycles. The number of aliphatic hydroxyl groups excluding tert-OH is 1. The van der Waals surface area contributed by atoms with Gasteiger partial charge >= 0.3 is 39.5 Å². The molecule has 4 unspecified atom stereocenters. The zero-order chi connectivity index (χ0) is 80.6. The van der Waals surface area contributed by atoms with Crippen molar-refractivity contribution in [2.45, 2.75) is 509 Å². The molecule has 0 aliphatic heterocycles. The van der Waals surface area contributed by atoms with Gasteiger partial charge in [0.05, 0.1) is 26.4 Å². The van der Waals surface area contributed by atoms with Crippen LogP contribution >= 0.6 is 15.6 Å². The molecule has 0 aromatic carbocycles. The maximum absolute atomic E-state index is 13.2. The molecule has 0 amide bonds. The molecule has 110 heavy (non-hydrogen) atoms. The molecule has 0 heterocycles. The molecular weight excluding hydrogens is 1430 g/mol. The quantitative estimate of drug-likeness (QED) is 0.0222. The third-order valence-corrected chi connectivity index (χ3v) is 24.1. The van der Waals surface area contributed by atoms with Crippen molar-refractivity contribution in [3.63, 3.8) is 0 Å². The Morgan fingerprint density at radius 2 is 0.436 bits per heavy atom. The number of hydrogen-bond donors (Lipinski definition) is 3. The Morgan fingerprint density at radius 3 is 0.645 bits per heavy atom. The van der Waals surface area contributed by atoms with Crippen molar-refractivity contribution in [3.05, 3.63) is 0 Å². The van der Waals surface area contributed by atoms with E-state index in [1.807, 2.05) is 0 Å². The summed E-state index contributed by atoms with van der Waals surface area (Å²) in [5, 5.41) is 10.7. The van der Waals surface area contributed by atoms with Crippen LogP contribution in [0.2, 0.25) is 0 Å². The van der Waals surface area contributed by atoms with E-state index < -0.39 is 97.5 Å². The zero-order valence-corrected chi connectivity index (χ0v) is 74.4. The van der Waals surface area contributed by atoms with Crippen molar-refractivity contribution >= 4 is 39.5 Å². The van der Waals surface area contributed by atoms with E-state index in [1.165, 1.54) is 308 Å². The lowest BCUT2D eigenvalue weighted by Gasteiger charge is -2.21. The highest BCUT2D eigenvalue weighted by Gasteiger charge is 2.31. The molecule has 0 radical (unpaired) electrons. The molecule has 0 aromatic rings. The van der Waals surface area contributed by atoms with Gasteiger partial charge in [0.15, 0.2) is 12.2 Å². The SMILES string of the molecule is CCCCCCCCCCCCCCCCCCCCCCC(=O)OC[C@H](COP(=O)(O)OC[C@@H](O)COP(=O)(O)OC[C@@H](COC(=O)CCCCCCCCCCC(C)CC)OC(=O)CCCCCCCCCCCCCCCCCC)OC(=O)CCCCCCCCCCCCCCCCCCCCC(C)CC. The summed E-state index contributed by atoms with van der Waals surface area (Å²) < 4.78 is 69.1. The monoisotopic (exact) mass is 1610 g/mol. The topological polar surface area (TPSA) is 237 Å². The summed E-state index contributed by atoms with van der Waals surface area (Å²) in [5.74, 6) is -0.447. The molecule has 19 heteroatoms. The molecule has 0 spiro atoms. The van der Waals surface area contributed by atoms with Gasteiger partial charge in [0, 0.05) is 25.7 Å². The van der Waals surface area contributed by atoms with E-state index in [2.05, 4.69) is 41.5 Å². The predicted molar refractivity (Wildman–Crippen MR) is 455 cm³/mol. The molecule has 0 rings (SSSR count). The van der Waals surface area contributed by atoms with Gasteiger partial charge in [-0.3, -0.25) is 37.3 Å². The lowest BCUT2D eigenvalue weighted by molar-refractivity contribution is -0.161. The number of phosphoric acid groups is 2. The Labute approximate surface area is 677 Å². The van der Waals surface area contributed by atoms with E-state index in [1.54, 1.807) is 0 Å². The number of carbonyl (C=O) groups is 4. The van der Waals surface area contributed by atoms with E-state index in [0.717, 1.165) is 102 Å². The van der Waals surface area contributed by atoms with Crippen LogP contribution in [0, 0.1) is 11.8 Å². The third kappa shape index (κ3) is 81.2. The van der Waals surface area contributed by atoms with E-state index in [0.29, 0.717) is 25.7 Å². The summed E-state index contributed by atoms with van der Waals surface area (Å²) in [4.78, 5) is 73.4. The molecule has 0 bridgehead atoms. The van der Waals surface area contributed by atoms with E-state index in [-0.39, 0.29) is 25.7 Å². The zero-order valence-electron chi connectivity index (χ0n) is 72.6. The minimum atomic E-state index is -4.97. The van der Waals surface area contributed by atoms with Gasteiger partial charge in [-0.1, -0.05) is 440 Å². The number of ether oxygens (including phenoxy) is 4. The molecule has 17 nitrogen and oxygen atoms in total. The summed E-state index contributed by atoms with van der Waals surface area (Å²) in [5.41, 5.74) is 0. The van der Waals surface area contributed by atoms with Crippen LogP contribution in [0.4, 0.5) is 0 Å². The average molecular weight is 1610 g/mol. The van der Waals surface area contributed by atoms with Gasteiger partial charge in [0.2, 0.25) is 0 Å². The van der Waals surface area contributed by atoms with Crippen molar-refractivity contribution < 1.29 is 80.2 Å². The van der Waals surface area contributed by atoms with Gasteiger partial charge in [-0.15, -0.1) is 0 Å². The summed E-state index contributed by atoms with van der Waals surface area (Å²) in [6.07, 6.45) is 76.4. The van der Waals surface area contributed by atoms with Crippen LogP contribution in [0.5, 0.6) is 0 Å². The van der Waals surface area contributed by atoms with Gasteiger partial charge in [-0.2, -0.15) is 0 Å². The highest BCUT2D eigenvalue weighted by Crippen LogP contribution is 2.45. The molecular formula is C91H178O17P2. The number of carbonyl (C=O) groups excluding carboxylic acids is 4. The number of esters is 4. The first-order valence-corrected chi connectivity index (χ1v) is 50.1. The van der Waals surface area contributed by atoms with Crippen molar-refractivity contribution in [1.82, 2.24) is 0 Å².